The molecule has 0 spiro atoms. The summed E-state index contributed by atoms with van der Waals surface area (Å²) in [7, 11) is 0. The molecule has 0 aliphatic heterocycles. The van der Waals surface area contributed by atoms with Gasteiger partial charge in [0, 0.05) is 0 Å². The molecule has 0 aliphatic carbocycles. The highest BCUT2D eigenvalue weighted by Gasteiger charge is 2.29. The molecule has 1 aromatic carbocycles. The Kier molecular flexibility index (Phi) is 5.18. The van der Waals surface area contributed by atoms with Gasteiger partial charge in [0.25, 0.3) is 0 Å². The van der Waals surface area contributed by atoms with Crippen LogP contribution in [0.25, 0.3) is 0 Å². The third-order valence-corrected chi connectivity index (χ3v) is 1.17. The molecule has 0 unspecified atom stereocenters. The summed E-state index contributed by atoms with van der Waals surface area (Å²) in [5.41, 5.74) is -0.834. The van der Waals surface area contributed by atoms with Crippen LogP contribution in [0, 0.1) is 5.82 Å². The first-order chi connectivity index (χ1) is 6.41. The standard InChI is InChI=1S/C7H4F4.BH2O2/c8-6-3-1-5(2-4-6)7(9,10)11;2-1-3/h1-4H;2-3H. The Morgan fingerprint density at radius 3 is 1.64 bits per heavy atom. The second-order valence-electron chi connectivity index (χ2n) is 2.12. The summed E-state index contributed by atoms with van der Waals surface area (Å²) >= 11 is 0. The minimum absolute atomic E-state index is 0. The molecule has 0 fully saturated rings. The van der Waals surface area contributed by atoms with Crippen LogP contribution in [-0.4, -0.2) is 17.7 Å². The fraction of sp³-hybridized carbons (Fsp3) is 0.143. The third kappa shape index (κ3) is 4.83. The van der Waals surface area contributed by atoms with Crippen LogP contribution in [0.15, 0.2) is 24.3 Å². The smallest absolute Gasteiger partial charge is 0.429 e. The van der Waals surface area contributed by atoms with Crippen LogP contribution in [0.1, 0.15) is 5.56 Å². The van der Waals surface area contributed by atoms with Crippen LogP contribution in [0.4, 0.5) is 17.6 Å². The number of halogens is 4. The lowest BCUT2D eigenvalue weighted by molar-refractivity contribution is -0.137. The largest absolute Gasteiger partial charge is 0.482 e. The Bertz CT molecular complexity index is 259. The van der Waals surface area contributed by atoms with Crippen LogP contribution in [-0.2, 0) is 6.18 Å². The summed E-state index contributed by atoms with van der Waals surface area (Å²) in [5, 5.41) is 14.0. The van der Waals surface area contributed by atoms with Crippen molar-refractivity contribution in [2.75, 3.05) is 0 Å². The lowest BCUT2D eigenvalue weighted by Gasteiger charge is -2.04. The zero-order valence-electron chi connectivity index (χ0n) is 6.79. The maximum Gasteiger partial charge on any atom is 0.482 e. The molecule has 0 saturated carbocycles. The fourth-order valence-corrected chi connectivity index (χ4v) is 0.639. The van der Waals surface area contributed by atoms with Crippen molar-refractivity contribution in [1.29, 1.82) is 0 Å². The Morgan fingerprint density at radius 2 is 1.36 bits per heavy atom. The van der Waals surface area contributed by atoms with Gasteiger partial charge in [0.15, 0.2) is 0 Å². The SMILES string of the molecule is Fc1ccc(C(F)(F)F)cc1.O[B]O. The summed E-state index contributed by atoms with van der Waals surface area (Å²) in [4.78, 5) is 0. The molecular weight excluding hydrogens is 203 g/mol. The van der Waals surface area contributed by atoms with Gasteiger partial charge in [0.1, 0.15) is 5.82 Å². The Morgan fingerprint density at radius 1 is 1.00 bits per heavy atom. The summed E-state index contributed by atoms with van der Waals surface area (Å²) < 4.78 is 47.5. The van der Waals surface area contributed by atoms with Crippen molar-refractivity contribution in [2.45, 2.75) is 6.18 Å². The van der Waals surface area contributed by atoms with E-state index >= 15 is 0 Å². The summed E-state index contributed by atoms with van der Waals surface area (Å²) in [5.74, 6) is -0.669. The Labute approximate surface area is 78.1 Å². The Balaban J connectivity index is 0.000000500. The first-order valence-electron chi connectivity index (χ1n) is 3.34. The van der Waals surface area contributed by atoms with E-state index in [1.807, 2.05) is 0 Å². The first-order valence-corrected chi connectivity index (χ1v) is 3.34. The van der Waals surface area contributed by atoms with E-state index < -0.39 is 17.6 Å². The monoisotopic (exact) mass is 209 g/mol. The number of benzene rings is 1. The highest BCUT2D eigenvalue weighted by atomic mass is 19.4. The average Bonchev–Trinajstić information content (AvgIpc) is 2.04. The van der Waals surface area contributed by atoms with Crippen LogP contribution >= 0.6 is 0 Å². The van der Waals surface area contributed by atoms with Gasteiger partial charge in [-0.25, -0.2) is 4.39 Å². The van der Waals surface area contributed by atoms with Crippen LogP contribution in [0.5, 0.6) is 0 Å². The predicted octanol–water partition coefficient (Wildman–Crippen LogP) is 1.35. The normalized spacial score (nSPS) is 10.1. The number of rotatable bonds is 0. The van der Waals surface area contributed by atoms with Crippen LogP contribution < -0.4 is 0 Å². The number of hydrogen-bond donors (Lipinski definition) is 2. The predicted molar refractivity (Wildman–Crippen MR) is 41.6 cm³/mol. The van der Waals surface area contributed by atoms with E-state index in [0.717, 1.165) is 12.1 Å². The molecule has 1 aromatic rings. The zero-order valence-corrected chi connectivity index (χ0v) is 6.79. The van der Waals surface area contributed by atoms with Crippen molar-refractivity contribution in [3.05, 3.63) is 35.6 Å². The molecule has 1 rings (SSSR count). The van der Waals surface area contributed by atoms with E-state index in [4.69, 9.17) is 10.0 Å². The van der Waals surface area contributed by atoms with Crippen molar-refractivity contribution < 1.29 is 27.6 Å². The molecule has 1 radical (unpaired) electrons. The van der Waals surface area contributed by atoms with Gasteiger partial charge in [-0.15, -0.1) is 0 Å². The van der Waals surface area contributed by atoms with Crippen molar-refractivity contribution >= 4 is 7.69 Å². The first kappa shape index (κ1) is 12.9. The topological polar surface area (TPSA) is 40.5 Å². The maximum absolute atomic E-state index is 12.1. The molecule has 0 atom stereocenters. The summed E-state index contributed by atoms with van der Waals surface area (Å²) in [6, 6.07) is 2.97. The average molecular weight is 209 g/mol. The molecule has 14 heavy (non-hydrogen) atoms. The van der Waals surface area contributed by atoms with Crippen molar-refractivity contribution in [3.8, 4) is 0 Å². The molecule has 0 heterocycles. The zero-order chi connectivity index (χ0) is 11.2. The van der Waals surface area contributed by atoms with E-state index in [9.17, 15) is 17.6 Å². The van der Waals surface area contributed by atoms with Gasteiger partial charge in [0.2, 0.25) is 0 Å². The molecule has 0 saturated heterocycles. The number of hydrogen-bond acceptors (Lipinski definition) is 2. The van der Waals surface area contributed by atoms with Gasteiger partial charge in [0.05, 0.1) is 5.56 Å². The van der Waals surface area contributed by atoms with E-state index in [2.05, 4.69) is 0 Å². The van der Waals surface area contributed by atoms with Gasteiger partial charge in [-0.3, -0.25) is 0 Å². The quantitative estimate of drug-likeness (QED) is 0.500. The molecule has 0 aromatic heterocycles. The van der Waals surface area contributed by atoms with Gasteiger partial charge < -0.3 is 10.0 Å². The van der Waals surface area contributed by atoms with E-state index in [0.29, 0.717) is 12.1 Å². The number of alkyl halides is 3. The molecule has 2 N–H and O–H groups in total. The van der Waals surface area contributed by atoms with Crippen LogP contribution in [0.2, 0.25) is 0 Å². The molecule has 7 heteroatoms. The van der Waals surface area contributed by atoms with Crippen LogP contribution in [0.3, 0.4) is 0 Å². The van der Waals surface area contributed by atoms with E-state index in [1.54, 1.807) is 0 Å². The highest BCUT2D eigenvalue weighted by Crippen LogP contribution is 2.28. The molecule has 0 amide bonds. The second-order valence-corrected chi connectivity index (χ2v) is 2.12. The van der Waals surface area contributed by atoms with Gasteiger partial charge in [-0.2, -0.15) is 13.2 Å². The van der Waals surface area contributed by atoms with Gasteiger partial charge in [-0.05, 0) is 24.3 Å². The molecule has 77 valence electrons. The van der Waals surface area contributed by atoms with Gasteiger partial charge in [-0.1, -0.05) is 0 Å². The minimum atomic E-state index is -4.38. The van der Waals surface area contributed by atoms with Crippen molar-refractivity contribution in [1.82, 2.24) is 0 Å². The third-order valence-electron chi connectivity index (χ3n) is 1.17. The minimum Gasteiger partial charge on any atom is -0.429 e. The fourth-order valence-electron chi connectivity index (χ4n) is 0.639. The van der Waals surface area contributed by atoms with Gasteiger partial charge >= 0.3 is 13.9 Å². The molecule has 0 aliphatic rings. The lowest BCUT2D eigenvalue weighted by atomic mass is 10.2. The molecule has 2 nitrogen and oxygen atoms in total. The van der Waals surface area contributed by atoms with Crippen molar-refractivity contribution in [3.63, 3.8) is 0 Å². The van der Waals surface area contributed by atoms with E-state index in [-0.39, 0.29) is 7.69 Å². The lowest BCUT2D eigenvalue weighted by Crippen LogP contribution is -2.03. The molecular formula is C7H6BF4O2. The second kappa shape index (κ2) is 5.61. The van der Waals surface area contributed by atoms with Crippen molar-refractivity contribution in [2.24, 2.45) is 0 Å². The summed E-state index contributed by atoms with van der Waals surface area (Å²) in [6.45, 7) is 0. The Hall–Kier alpha value is -1.08. The summed E-state index contributed by atoms with van der Waals surface area (Å²) in [6.07, 6.45) is -4.38. The molecule has 0 bridgehead atoms. The maximum atomic E-state index is 12.1. The highest BCUT2D eigenvalue weighted by molar-refractivity contribution is 6.13. The van der Waals surface area contributed by atoms with E-state index in [1.165, 1.54) is 0 Å².